The molecule has 1 N–H and O–H groups in total. The van der Waals surface area contributed by atoms with Crippen LogP contribution in [0.25, 0.3) is 0 Å². The van der Waals surface area contributed by atoms with Gasteiger partial charge in [0.2, 0.25) is 5.91 Å². The average molecular weight is 248 g/mol. The highest BCUT2D eigenvalue weighted by Crippen LogP contribution is 2.11. The van der Waals surface area contributed by atoms with Crippen molar-refractivity contribution in [1.82, 2.24) is 20.1 Å². The Labute approximate surface area is 108 Å². The number of hydrogen-bond donors (Lipinski definition) is 1. The number of carbonyl (C=O) groups is 1. The number of hydrogen-bond acceptors (Lipinski definition) is 4. The van der Waals surface area contributed by atoms with E-state index in [9.17, 15) is 4.79 Å². The monoisotopic (exact) mass is 248 g/mol. The number of carbonyl (C=O) groups excluding carboxylic acids is 1. The van der Waals surface area contributed by atoms with E-state index in [1.165, 1.54) is 0 Å². The lowest BCUT2D eigenvalue weighted by Crippen LogP contribution is -2.57. The first kappa shape index (κ1) is 13.0. The maximum Gasteiger partial charge on any atom is 0.240 e. The van der Waals surface area contributed by atoms with Gasteiger partial charge in [-0.2, -0.15) is 0 Å². The second kappa shape index (κ2) is 5.93. The normalized spacial score (nSPS) is 20.7. The third-order valence-corrected chi connectivity index (χ3v) is 3.19. The minimum Gasteiger partial charge on any atom is -0.347 e. The molecule has 1 fully saturated rings. The van der Waals surface area contributed by atoms with Gasteiger partial charge in [0, 0.05) is 52.7 Å². The smallest absolute Gasteiger partial charge is 0.240 e. The van der Waals surface area contributed by atoms with Crippen LogP contribution < -0.4 is 5.32 Å². The van der Waals surface area contributed by atoms with E-state index in [2.05, 4.69) is 15.2 Å². The summed E-state index contributed by atoms with van der Waals surface area (Å²) in [5, 5.41) is 3.28. The molecular formula is C13H20N4O. The third kappa shape index (κ3) is 3.05. The fourth-order valence-corrected chi connectivity index (χ4v) is 2.20. The van der Waals surface area contributed by atoms with Gasteiger partial charge in [-0.15, -0.1) is 0 Å². The molecule has 5 heteroatoms. The van der Waals surface area contributed by atoms with Gasteiger partial charge in [0.15, 0.2) is 0 Å². The van der Waals surface area contributed by atoms with E-state index in [4.69, 9.17) is 0 Å². The first-order valence-corrected chi connectivity index (χ1v) is 6.23. The van der Waals surface area contributed by atoms with Crippen LogP contribution >= 0.6 is 0 Å². The lowest BCUT2D eigenvalue weighted by Gasteiger charge is -2.36. The lowest BCUT2D eigenvalue weighted by molar-refractivity contribution is -0.135. The van der Waals surface area contributed by atoms with Crippen LogP contribution in [0.5, 0.6) is 0 Å². The summed E-state index contributed by atoms with van der Waals surface area (Å²) in [5.74, 6) is 0.158. The van der Waals surface area contributed by atoms with Gasteiger partial charge in [-0.1, -0.05) is 6.07 Å². The highest BCUT2D eigenvalue weighted by Gasteiger charge is 2.29. The van der Waals surface area contributed by atoms with Crippen LogP contribution in [0.3, 0.4) is 0 Å². The molecule has 1 aromatic rings. The van der Waals surface area contributed by atoms with Crippen LogP contribution in [-0.2, 0) is 11.3 Å². The predicted octanol–water partition coefficient (Wildman–Crippen LogP) is -0.0564. The topological polar surface area (TPSA) is 48.5 Å². The van der Waals surface area contributed by atoms with Crippen LogP contribution in [0.2, 0.25) is 0 Å². The number of nitrogens with zero attached hydrogens (tertiary/aromatic N) is 3. The second-order valence-corrected chi connectivity index (χ2v) is 4.78. The standard InChI is InChI=1S/C13H20N4O/c1-16(2)13(18)12-9-15-6-7-17(12)10-11-4-3-5-14-8-11/h3-5,8,12,15H,6-7,9-10H2,1-2H3. The molecule has 0 saturated carbocycles. The fourth-order valence-electron chi connectivity index (χ4n) is 2.20. The Morgan fingerprint density at radius 3 is 3.11 bits per heavy atom. The molecule has 0 aliphatic carbocycles. The van der Waals surface area contributed by atoms with Crippen molar-refractivity contribution in [2.45, 2.75) is 12.6 Å². The van der Waals surface area contributed by atoms with E-state index in [0.717, 1.165) is 31.7 Å². The maximum absolute atomic E-state index is 12.1. The molecule has 1 aliphatic heterocycles. The van der Waals surface area contributed by atoms with E-state index in [0.29, 0.717) is 0 Å². The summed E-state index contributed by atoms with van der Waals surface area (Å²) < 4.78 is 0. The minimum absolute atomic E-state index is 0.0750. The van der Waals surface area contributed by atoms with Crippen LogP contribution in [0, 0.1) is 0 Å². The molecule has 1 unspecified atom stereocenters. The zero-order valence-corrected chi connectivity index (χ0v) is 11.0. The van der Waals surface area contributed by atoms with E-state index in [-0.39, 0.29) is 11.9 Å². The van der Waals surface area contributed by atoms with Crippen molar-refractivity contribution in [2.75, 3.05) is 33.7 Å². The maximum atomic E-state index is 12.1. The summed E-state index contributed by atoms with van der Waals surface area (Å²) in [4.78, 5) is 20.1. The number of rotatable bonds is 3. The molecule has 18 heavy (non-hydrogen) atoms. The predicted molar refractivity (Wildman–Crippen MR) is 70.0 cm³/mol. The van der Waals surface area contributed by atoms with Gasteiger partial charge in [-0.05, 0) is 11.6 Å². The first-order valence-electron chi connectivity index (χ1n) is 6.23. The number of aromatic nitrogens is 1. The van der Waals surface area contributed by atoms with E-state index < -0.39 is 0 Å². The number of likely N-dealkylation sites (N-methyl/N-ethyl adjacent to an activating group) is 1. The van der Waals surface area contributed by atoms with E-state index >= 15 is 0 Å². The van der Waals surface area contributed by atoms with Gasteiger partial charge in [0.25, 0.3) is 0 Å². The summed E-state index contributed by atoms with van der Waals surface area (Å²) in [6.45, 7) is 3.31. The largest absolute Gasteiger partial charge is 0.347 e. The Morgan fingerprint density at radius 1 is 1.61 bits per heavy atom. The summed E-state index contributed by atoms with van der Waals surface area (Å²) in [6.07, 6.45) is 3.63. The van der Waals surface area contributed by atoms with Gasteiger partial charge in [0.1, 0.15) is 6.04 Å². The third-order valence-electron chi connectivity index (χ3n) is 3.19. The number of piperazine rings is 1. The van der Waals surface area contributed by atoms with Crippen LogP contribution in [0.15, 0.2) is 24.5 Å². The van der Waals surface area contributed by atoms with Crippen LogP contribution in [0.1, 0.15) is 5.56 Å². The Morgan fingerprint density at radius 2 is 2.44 bits per heavy atom. The van der Waals surface area contributed by atoms with Gasteiger partial charge in [0.05, 0.1) is 0 Å². The molecule has 1 amide bonds. The lowest BCUT2D eigenvalue weighted by atomic mass is 10.1. The van der Waals surface area contributed by atoms with E-state index in [1.807, 2.05) is 18.3 Å². The molecule has 0 spiro atoms. The summed E-state index contributed by atoms with van der Waals surface area (Å²) >= 11 is 0. The summed E-state index contributed by atoms with van der Waals surface area (Å²) in [5.41, 5.74) is 1.15. The Bertz CT molecular complexity index is 393. The molecule has 0 radical (unpaired) electrons. The molecule has 2 rings (SSSR count). The number of nitrogens with one attached hydrogen (secondary N) is 1. The molecular weight excluding hydrogens is 228 g/mol. The van der Waals surface area contributed by atoms with Crippen molar-refractivity contribution >= 4 is 5.91 Å². The first-order chi connectivity index (χ1) is 8.68. The number of amides is 1. The van der Waals surface area contributed by atoms with Crippen LogP contribution in [0.4, 0.5) is 0 Å². The minimum atomic E-state index is -0.0750. The molecule has 5 nitrogen and oxygen atoms in total. The molecule has 1 atom stereocenters. The SMILES string of the molecule is CN(C)C(=O)C1CNCCN1Cc1cccnc1. The molecule has 2 heterocycles. The molecule has 0 aromatic carbocycles. The van der Waals surface area contributed by atoms with Crippen LogP contribution in [-0.4, -0.2) is 60.5 Å². The number of pyridine rings is 1. The van der Waals surface area contributed by atoms with Gasteiger partial charge >= 0.3 is 0 Å². The fraction of sp³-hybridized carbons (Fsp3) is 0.538. The molecule has 0 bridgehead atoms. The summed E-state index contributed by atoms with van der Waals surface area (Å²) in [7, 11) is 3.61. The molecule has 1 saturated heterocycles. The molecule has 1 aromatic heterocycles. The van der Waals surface area contributed by atoms with E-state index in [1.54, 1.807) is 25.2 Å². The molecule has 1 aliphatic rings. The Kier molecular flexibility index (Phi) is 4.28. The molecule has 98 valence electrons. The van der Waals surface area contributed by atoms with Crippen molar-refractivity contribution < 1.29 is 4.79 Å². The van der Waals surface area contributed by atoms with Crippen molar-refractivity contribution in [3.8, 4) is 0 Å². The van der Waals surface area contributed by atoms with Crippen molar-refractivity contribution in [3.05, 3.63) is 30.1 Å². The van der Waals surface area contributed by atoms with Gasteiger partial charge in [-0.3, -0.25) is 14.7 Å². The zero-order valence-electron chi connectivity index (χ0n) is 11.0. The van der Waals surface area contributed by atoms with Gasteiger partial charge < -0.3 is 10.2 Å². The highest BCUT2D eigenvalue weighted by atomic mass is 16.2. The van der Waals surface area contributed by atoms with Crippen molar-refractivity contribution in [1.29, 1.82) is 0 Å². The van der Waals surface area contributed by atoms with Crippen molar-refractivity contribution in [2.24, 2.45) is 0 Å². The highest BCUT2D eigenvalue weighted by molar-refractivity contribution is 5.81. The second-order valence-electron chi connectivity index (χ2n) is 4.78. The Hall–Kier alpha value is -1.46. The quantitative estimate of drug-likeness (QED) is 0.814. The Balaban J connectivity index is 2.06. The van der Waals surface area contributed by atoms with Gasteiger partial charge in [-0.25, -0.2) is 0 Å². The summed E-state index contributed by atoms with van der Waals surface area (Å²) in [6, 6.07) is 3.90. The van der Waals surface area contributed by atoms with Crippen molar-refractivity contribution in [3.63, 3.8) is 0 Å². The average Bonchev–Trinajstić information content (AvgIpc) is 2.39. The zero-order chi connectivity index (χ0) is 13.0.